The fourth-order valence-corrected chi connectivity index (χ4v) is 2.80. The molecule has 1 aromatic carbocycles. The molecule has 0 heterocycles. The molecule has 23 heavy (non-hydrogen) atoms. The van der Waals surface area contributed by atoms with Crippen LogP contribution in [-0.2, 0) is 16.1 Å². The SMILES string of the molecule is NC(=O)OC1CCC(NC(=O)OCc2ccccc2)C(CO)C1. The summed E-state index contributed by atoms with van der Waals surface area (Å²) in [6.07, 6.45) is -0.0227. The van der Waals surface area contributed by atoms with Crippen molar-refractivity contribution in [2.45, 2.75) is 38.0 Å². The second-order valence-electron chi connectivity index (χ2n) is 5.63. The summed E-state index contributed by atoms with van der Waals surface area (Å²) in [4.78, 5) is 22.7. The first-order valence-corrected chi connectivity index (χ1v) is 7.62. The summed E-state index contributed by atoms with van der Waals surface area (Å²) >= 11 is 0. The third kappa shape index (κ3) is 5.45. The topological polar surface area (TPSA) is 111 Å². The molecule has 126 valence electrons. The minimum Gasteiger partial charge on any atom is -0.446 e. The van der Waals surface area contributed by atoms with E-state index in [1.54, 1.807) is 0 Å². The van der Waals surface area contributed by atoms with Gasteiger partial charge >= 0.3 is 12.2 Å². The van der Waals surface area contributed by atoms with Crippen molar-refractivity contribution in [3.05, 3.63) is 35.9 Å². The molecule has 3 unspecified atom stereocenters. The van der Waals surface area contributed by atoms with Gasteiger partial charge in [-0.3, -0.25) is 0 Å². The quantitative estimate of drug-likeness (QED) is 0.761. The lowest BCUT2D eigenvalue weighted by Crippen LogP contribution is -2.47. The lowest BCUT2D eigenvalue weighted by molar-refractivity contribution is 0.0348. The molecular weight excluding hydrogens is 300 g/mol. The third-order valence-corrected chi connectivity index (χ3v) is 3.97. The summed E-state index contributed by atoms with van der Waals surface area (Å²) in [5.41, 5.74) is 5.91. The number of carbonyl (C=O) groups excluding carboxylic acids is 2. The number of benzene rings is 1. The van der Waals surface area contributed by atoms with E-state index >= 15 is 0 Å². The number of aliphatic hydroxyl groups is 1. The highest BCUT2D eigenvalue weighted by Gasteiger charge is 2.33. The van der Waals surface area contributed by atoms with Gasteiger partial charge in [0.05, 0.1) is 0 Å². The molecule has 1 aromatic rings. The van der Waals surface area contributed by atoms with Crippen LogP contribution in [0.2, 0.25) is 0 Å². The number of ether oxygens (including phenoxy) is 2. The molecule has 0 bridgehead atoms. The van der Waals surface area contributed by atoms with Crippen LogP contribution in [0.25, 0.3) is 0 Å². The number of carbonyl (C=O) groups is 2. The summed E-state index contributed by atoms with van der Waals surface area (Å²) in [5, 5.41) is 12.2. The molecular formula is C16H22N2O5. The Bertz CT molecular complexity index is 522. The summed E-state index contributed by atoms with van der Waals surface area (Å²) in [5.74, 6) is -0.197. The normalized spacial score (nSPS) is 23.8. The van der Waals surface area contributed by atoms with Crippen LogP contribution in [-0.4, -0.2) is 36.0 Å². The predicted molar refractivity (Wildman–Crippen MR) is 82.4 cm³/mol. The van der Waals surface area contributed by atoms with Gasteiger partial charge in [-0.15, -0.1) is 0 Å². The first-order valence-electron chi connectivity index (χ1n) is 7.62. The van der Waals surface area contributed by atoms with Gasteiger partial charge in [-0.05, 0) is 24.8 Å². The largest absolute Gasteiger partial charge is 0.446 e. The van der Waals surface area contributed by atoms with Crippen LogP contribution >= 0.6 is 0 Å². The highest BCUT2D eigenvalue weighted by molar-refractivity contribution is 5.67. The van der Waals surface area contributed by atoms with Crippen molar-refractivity contribution in [2.75, 3.05) is 6.61 Å². The fraction of sp³-hybridized carbons (Fsp3) is 0.500. The number of amides is 2. The Morgan fingerprint density at radius 2 is 2.00 bits per heavy atom. The molecule has 0 radical (unpaired) electrons. The summed E-state index contributed by atoms with van der Waals surface area (Å²) in [6, 6.07) is 9.17. The van der Waals surface area contributed by atoms with Crippen LogP contribution in [0.1, 0.15) is 24.8 Å². The van der Waals surface area contributed by atoms with Crippen LogP contribution in [0.4, 0.5) is 9.59 Å². The lowest BCUT2D eigenvalue weighted by Gasteiger charge is -2.34. The highest BCUT2D eigenvalue weighted by atomic mass is 16.6. The van der Waals surface area contributed by atoms with E-state index in [9.17, 15) is 14.7 Å². The van der Waals surface area contributed by atoms with Crippen LogP contribution in [0, 0.1) is 5.92 Å². The van der Waals surface area contributed by atoms with E-state index in [0.29, 0.717) is 19.3 Å². The zero-order chi connectivity index (χ0) is 16.7. The van der Waals surface area contributed by atoms with Crippen molar-refractivity contribution in [3.8, 4) is 0 Å². The number of aliphatic hydroxyl groups excluding tert-OH is 1. The second kappa shape index (κ2) is 8.38. The molecule has 3 atom stereocenters. The maximum atomic E-state index is 11.9. The number of nitrogens with two attached hydrogens (primary N) is 1. The van der Waals surface area contributed by atoms with Gasteiger partial charge in [-0.2, -0.15) is 0 Å². The number of rotatable bonds is 5. The Labute approximate surface area is 134 Å². The number of primary amides is 1. The van der Waals surface area contributed by atoms with E-state index in [1.807, 2.05) is 30.3 Å². The van der Waals surface area contributed by atoms with E-state index in [-0.39, 0.29) is 31.3 Å². The Balaban J connectivity index is 1.79. The molecule has 0 aliphatic heterocycles. The number of hydrogen-bond acceptors (Lipinski definition) is 5. The Morgan fingerprint density at radius 1 is 1.26 bits per heavy atom. The highest BCUT2D eigenvalue weighted by Crippen LogP contribution is 2.26. The van der Waals surface area contributed by atoms with E-state index in [0.717, 1.165) is 5.56 Å². The minimum absolute atomic E-state index is 0.109. The van der Waals surface area contributed by atoms with E-state index in [4.69, 9.17) is 15.2 Å². The smallest absolute Gasteiger partial charge is 0.407 e. The first kappa shape index (κ1) is 17.1. The Morgan fingerprint density at radius 3 is 2.65 bits per heavy atom. The van der Waals surface area contributed by atoms with E-state index in [2.05, 4.69) is 5.32 Å². The summed E-state index contributed by atoms with van der Waals surface area (Å²) in [6.45, 7) is 0.0822. The zero-order valence-electron chi connectivity index (χ0n) is 12.8. The number of nitrogens with one attached hydrogen (secondary N) is 1. The monoisotopic (exact) mass is 322 g/mol. The van der Waals surface area contributed by atoms with Gasteiger partial charge in [0, 0.05) is 18.6 Å². The van der Waals surface area contributed by atoms with Crippen LogP contribution < -0.4 is 11.1 Å². The number of hydrogen-bond donors (Lipinski definition) is 3. The third-order valence-electron chi connectivity index (χ3n) is 3.97. The van der Waals surface area contributed by atoms with Gasteiger partial charge in [0.25, 0.3) is 0 Å². The molecule has 7 nitrogen and oxygen atoms in total. The van der Waals surface area contributed by atoms with Gasteiger partial charge < -0.3 is 25.6 Å². The second-order valence-corrected chi connectivity index (χ2v) is 5.63. The molecule has 1 aliphatic rings. The Hall–Kier alpha value is -2.28. The van der Waals surface area contributed by atoms with Gasteiger partial charge in [0.1, 0.15) is 12.7 Å². The zero-order valence-corrected chi connectivity index (χ0v) is 12.8. The average Bonchev–Trinajstić information content (AvgIpc) is 2.55. The molecule has 1 aliphatic carbocycles. The van der Waals surface area contributed by atoms with Crippen LogP contribution in [0.5, 0.6) is 0 Å². The average molecular weight is 322 g/mol. The lowest BCUT2D eigenvalue weighted by atomic mass is 9.83. The van der Waals surface area contributed by atoms with Crippen LogP contribution in [0.3, 0.4) is 0 Å². The number of alkyl carbamates (subject to hydrolysis) is 1. The fourth-order valence-electron chi connectivity index (χ4n) is 2.80. The van der Waals surface area contributed by atoms with Gasteiger partial charge in [-0.1, -0.05) is 30.3 Å². The van der Waals surface area contributed by atoms with Crippen molar-refractivity contribution < 1.29 is 24.2 Å². The standard InChI is InChI=1S/C16H22N2O5/c17-15(20)23-13-6-7-14(12(8-13)9-19)18-16(21)22-10-11-4-2-1-3-5-11/h1-5,12-14,19H,6-10H2,(H2,17,20)(H,18,21). The van der Waals surface area contributed by atoms with Gasteiger partial charge in [-0.25, -0.2) is 9.59 Å². The molecule has 1 saturated carbocycles. The molecule has 7 heteroatoms. The predicted octanol–water partition coefficient (Wildman–Crippen LogP) is 1.54. The van der Waals surface area contributed by atoms with Crippen molar-refractivity contribution >= 4 is 12.2 Å². The molecule has 4 N–H and O–H groups in total. The molecule has 0 spiro atoms. The molecule has 2 amide bonds. The molecule has 0 aromatic heterocycles. The molecule has 2 rings (SSSR count). The van der Waals surface area contributed by atoms with Crippen molar-refractivity contribution in [3.63, 3.8) is 0 Å². The first-order chi connectivity index (χ1) is 11.1. The van der Waals surface area contributed by atoms with Gasteiger partial charge in [0.2, 0.25) is 0 Å². The van der Waals surface area contributed by atoms with Crippen molar-refractivity contribution in [2.24, 2.45) is 11.7 Å². The van der Waals surface area contributed by atoms with Crippen LogP contribution in [0.15, 0.2) is 30.3 Å². The Kier molecular flexibility index (Phi) is 6.22. The molecule has 1 fully saturated rings. The maximum Gasteiger partial charge on any atom is 0.407 e. The van der Waals surface area contributed by atoms with Crippen molar-refractivity contribution in [1.82, 2.24) is 5.32 Å². The van der Waals surface area contributed by atoms with Crippen molar-refractivity contribution in [1.29, 1.82) is 0 Å². The minimum atomic E-state index is -0.819. The maximum absolute atomic E-state index is 11.9. The summed E-state index contributed by atoms with van der Waals surface area (Å²) < 4.78 is 10.1. The van der Waals surface area contributed by atoms with Gasteiger partial charge in [0.15, 0.2) is 0 Å². The van der Waals surface area contributed by atoms with E-state index < -0.39 is 12.2 Å². The molecule has 0 saturated heterocycles. The summed E-state index contributed by atoms with van der Waals surface area (Å²) in [7, 11) is 0. The van der Waals surface area contributed by atoms with E-state index in [1.165, 1.54) is 0 Å².